The SMILES string of the molecule is CC(C)(CCN)CCc1nc(-c2ccc(F)cc2)no1. The monoisotopic (exact) mass is 277 g/mol. The number of hydrogen-bond acceptors (Lipinski definition) is 4. The number of halogens is 1. The molecule has 108 valence electrons. The first-order chi connectivity index (χ1) is 9.50. The molecule has 0 bridgehead atoms. The van der Waals surface area contributed by atoms with E-state index in [-0.39, 0.29) is 11.2 Å². The molecule has 0 aliphatic rings. The van der Waals surface area contributed by atoms with Crippen LogP contribution in [0.15, 0.2) is 28.8 Å². The Kier molecular flexibility index (Phi) is 4.49. The molecule has 0 aliphatic carbocycles. The third-order valence-electron chi connectivity index (χ3n) is 3.41. The summed E-state index contributed by atoms with van der Waals surface area (Å²) in [4.78, 5) is 4.34. The van der Waals surface area contributed by atoms with Crippen LogP contribution in [-0.2, 0) is 6.42 Å². The van der Waals surface area contributed by atoms with Crippen molar-refractivity contribution in [2.24, 2.45) is 11.1 Å². The zero-order valence-corrected chi connectivity index (χ0v) is 11.9. The first kappa shape index (κ1) is 14.7. The largest absolute Gasteiger partial charge is 0.339 e. The molecule has 0 radical (unpaired) electrons. The fraction of sp³-hybridized carbons (Fsp3) is 0.467. The van der Waals surface area contributed by atoms with Gasteiger partial charge < -0.3 is 10.3 Å². The van der Waals surface area contributed by atoms with Crippen LogP contribution in [0.4, 0.5) is 4.39 Å². The van der Waals surface area contributed by atoms with Crippen LogP contribution in [0.1, 0.15) is 32.6 Å². The molecule has 1 aromatic heterocycles. The number of hydrogen-bond donors (Lipinski definition) is 1. The van der Waals surface area contributed by atoms with Gasteiger partial charge in [-0.2, -0.15) is 4.98 Å². The molecule has 0 fully saturated rings. The lowest BCUT2D eigenvalue weighted by Crippen LogP contribution is -2.17. The smallest absolute Gasteiger partial charge is 0.226 e. The number of rotatable bonds is 6. The van der Waals surface area contributed by atoms with Crippen molar-refractivity contribution in [1.82, 2.24) is 10.1 Å². The third-order valence-corrected chi connectivity index (χ3v) is 3.41. The van der Waals surface area contributed by atoms with Gasteiger partial charge in [0.15, 0.2) is 0 Å². The minimum absolute atomic E-state index is 0.166. The van der Waals surface area contributed by atoms with Crippen LogP contribution in [0, 0.1) is 11.2 Å². The van der Waals surface area contributed by atoms with Crippen molar-refractivity contribution >= 4 is 0 Å². The molecule has 0 saturated carbocycles. The zero-order valence-electron chi connectivity index (χ0n) is 11.9. The average molecular weight is 277 g/mol. The van der Waals surface area contributed by atoms with Gasteiger partial charge in [0.1, 0.15) is 5.82 Å². The standard InChI is InChI=1S/C15H20FN3O/c1-15(2,9-10-17)8-7-13-18-14(19-20-13)11-3-5-12(16)6-4-11/h3-6H,7-10,17H2,1-2H3. The quantitative estimate of drug-likeness (QED) is 0.880. The number of benzene rings is 1. The lowest BCUT2D eigenvalue weighted by atomic mass is 9.84. The zero-order chi connectivity index (χ0) is 14.6. The van der Waals surface area contributed by atoms with Crippen molar-refractivity contribution in [1.29, 1.82) is 0 Å². The Morgan fingerprint density at radius 2 is 1.90 bits per heavy atom. The normalized spacial score (nSPS) is 11.8. The first-order valence-electron chi connectivity index (χ1n) is 6.79. The van der Waals surface area contributed by atoms with Crippen molar-refractivity contribution in [2.45, 2.75) is 33.1 Å². The van der Waals surface area contributed by atoms with Crippen LogP contribution in [0.5, 0.6) is 0 Å². The Hall–Kier alpha value is -1.75. The maximum absolute atomic E-state index is 12.9. The van der Waals surface area contributed by atoms with Gasteiger partial charge in [0.25, 0.3) is 0 Å². The van der Waals surface area contributed by atoms with Gasteiger partial charge in [-0.05, 0) is 49.1 Å². The summed E-state index contributed by atoms with van der Waals surface area (Å²) in [7, 11) is 0. The van der Waals surface area contributed by atoms with Gasteiger partial charge in [-0.3, -0.25) is 0 Å². The Morgan fingerprint density at radius 3 is 2.55 bits per heavy atom. The highest BCUT2D eigenvalue weighted by Crippen LogP contribution is 2.26. The van der Waals surface area contributed by atoms with Crippen LogP contribution in [0.2, 0.25) is 0 Å². The molecule has 2 aromatic rings. The summed E-state index contributed by atoms with van der Waals surface area (Å²) in [6.45, 7) is 5.03. The number of nitrogens with two attached hydrogens (primary N) is 1. The summed E-state index contributed by atoms with van der Waals surface area (Å²) in [6.07, 6.45) is 2.63. The highest BCUT2D eigenvalue weighted by atomic mass is 19.1. The molecule has 0 amide bonds. The summed E-state index contributed by atoms with van der Waals surface area (Å²) in [5.41, 5.74) is 6.51. The molecule has 4 nitrogen and oxygen atoms in total. The summed E-state index contributed by atoms with van der Waals surface area (Å²) in [6, 6.07) is 6.05. The van der Waals surface area contributed by atoms with Crippen LogP contribution >= 0.6 is 0 Å². The van der Waals surface area contributed by atoms with Crippen LogP contribution in [0.3, 0.4) is 0 Å². The predicted octanol–water partition coefficient (Wildman–Crippen LogP) is 3.18. The van der Waals surface area contributed by atoms with Gasteiger partial charge in [0.2, 0.25) is 11.7 Å². The molecule has 1 aromatic carbocycles. The van der Waals surface area contributed by atoms with E-state index >= 15 is 0 Å². The van der Waals surface area contributed by atoms with E-state index < -0.39 is 0 Å². The Bertz CT molecular complexity index is 549. The highest BCUT2D eigenvalue weighted by molar-refractivity contribution is 5.53. The third kappa shape index (κ3) is 3.87. The van der Waals surface area contributed by atoms with Crippen molar-refractivity contribution < 1.29 is 8.91 Å². The van der Waals surface area contributed by atoms with Crippen molar-refractivity contribution in [3.05, 3.63) is 36.0 Å². The minimum Gasteiger partial charge on any atom is -0.339 e. The number of aryl methyl sites for hydroxylation is 1. The predicted molar refractivity (Wildman–Crippen MR) is 75.5 cm³/mol. The summed E-state index contributed by atoms with van der Waals surface area (Å²) in [5.74, 6) is 0.826. The van der Waals surface area contributed by atoms with Crippen LogP contribution < -0.4 is 5.73 Å². The van der Waals surface area contributed by atoms with Crippen LogP contribution in [-0.4, -0.2) is 16.7 Å². The molecule has 2 N–H and O–H groups in total. The lowest BCUT2D eigenvalue weighted by molar-refractivity contribution is 0.289. The molecule has 0 unspecified atom stereocenters. The highest BCUT2D eigenvalue weighted by Gasteiger charge is 2.18. The van der Waals surface area contributed by atoms with Crippen molar-refractivity contribution in [3.8, 4) is 11.4 Å². The molecular formula is C15H20FN3O. The second kappa shape index (κ2) is 6.13. The topological polar surface area (TPSA) is 64.9 Å². The van der Waals surface area contributed by atoms with E-state index in [0.717, 1.165) is 24.8 Å². The lowest BCUT2D eigenvalue weighted by Gasteiger charge is -2.22. The van der Waals surface area contributed by atoms with Gasteiger partial charge >= 0.3 is 0 Å². The van der Waals surface area contributed by atoms with Crippen LogP contribution in [0.25, 0.3) is 11.4 Å². The van der Waals surface area contributed by atoms with Gasteiger partial charge in [-0.1, -0.05) is 19.0 Å². The Morgan fingerprint density at radius 1 is 1.20 bits per heavy atom. The van der Waals surface area contributed by atoms with E-state index in [4.69, 9.17) is 10.3 Å². The average Bonchev–Trinajstić information content (AvgIpc) is 2.86. The molecule has 0 spiro atoms. The molecule has 0 atom stereocenters. The van der Waals surface area contributed by atoms with E-state index in [1.807, 2.05) is 0 Å². The van der Waals surface area contributed by atoms with E-state index in [2.05, 4.69) is 24.0 Å². The molecule has 20 heavy (non-hydrogen) atoms. The van der Waals surface area contributed by atoms with E-state index in [0.29, 0.717) is 18.3 Å². The first-order valence-corrected chi connectivity index (χ1v) is 6.79. The van der Waals surface area contributed by atoms with E-state index in [1.165, 1.54) is 12.1 Å². The molecule has 0 aliphatic heterocycles. The Balaban J connectivity index is 2.00. The second-order valence-electron chi connectivity index (χ2n) is 5.72. The molecule has 0 saturated heterocycles. The maximum atomic E-state index is 12.9. The number of nitrogens with zero attached hydrogens (tertiary/aromatic N) is 2. The van der Waals surface area contributed by atoms with Crippen molar-refractivity contribution in [3.63, 3.8) is 0 Å². The summed E-state index contributed by atoms with van der Waals surface area (Å²) < 4.78 is 18.1. The fourth-order valence-corrected chi connectivity index (χ4v) is 2.03. The molecule has 1 heterocycles. The van der Waals surface area contributed by atoms with Gasteiger partial charge in [0, 0.05) is 12.0 Å². The van der Waals surface area contributed by atoms with E-state index in [9.17, 15) is 4.39 Å². The molecular weight excluding hydrogens is 257 g/mol. The van der Waals surface area contributed by atoms with Gasteiger partial charge in [-0.25, -0.2) is 4.39 Å². The summed E-state index contributed by atoms with van der Waals surface area (Å²) >= 11 is 0. The molecule has 5 heteroatoms. The molecule has 2 rings (SSSR count). The maximum Gasteiger partial charge on any atom is 0.226 e. The van der Waals surface area contributed by atoms with Crippen molar-refractivity contribution in [2.75, 3.05) is 6.54 Å². The van der Waals surface area contributed by atoms with Gasteiger partial charge in [-0.15, -0.1) is 0 Å². The van der Waals surface area contributed by atoms with E-state index in [1.54, 1.807) is 12.1 Å². The number of aromatic nitrogens is 2. The Labute approximate surface area is 118 Å². The second-order valence-corrected chi connectivity index (χ2v) is 5.72. The fourth-order valence-electron chi connectivity index (χ4n) is 2.03. The summed E-state index contributed by atoms with van der Waals surface area (Å²) in [5, 5.41) is 3.93. The minimum atomic E-state index is -0.277. The van der Waals surface area contributed by atoms with Gasteiger partial charge in [0.05, 0.1) is 0 Å².